The zero-order chi connectivity index (χ0) is 14.5. The van der Waals surface area contributed by atoms with Gasteiger partial charge < -0.3 is 15.1 Å². The number of hydrogen-bond acceptors (Lipinski definition) is 5. The molecule has 2 heterocycles. The second kappa shape index (κ2) is 6.44. The molecule has 0 aliphatic carbocycles. The molecule has 0 aromatic carbocycles. The minimum Gasteiger partial charge on any atom is -0.477 e. The maximum absolute atomic E-state index is 12.2. The Hall–Kier alpha value is -1.99. The van der Waals surface area contributed by atoms with E-state index in [4.69, 9.17) is 10.2 Å². The summed E-state index contributed by atoms with van der Waals surface area (Å²) in [6.07, 6.45) is 1.30. The number of carboxylic acid groups (broad SMARTS) is 1. The van der Waals surface area contributed by atoms with Crippen LogP contribution >= 0.6 is 0 Å². The van der Waals surface area contributed by atoms with Crippen LogP contribution in [0.25, 0.3) is 0 Å². The zero-order valence-corrected chi connectivity index (χ0v) is 11.0. The van der Waals surface area contributed by atoms with E-state index in [0.717, 1.165) is 13.1 Å². The average molecular weight is 279 g/mol. The third-order valence-corrected chi connectivity index (χ3v) is 3.31. The third kappa shape index (κ3) is 3.31. The number of pyridine rings is 1. The number of piperazine rings is 1. The Morgan fingerprint density at radius 2 is 1.90 bits per heavy atom. The summed E-state index contributed by atoms with van der Waals surface area (Å²) in [4.78, 5) is 30.5. The van der Waals surface area contributed by atoms with Crippen LogP contribution in [0.1, 0.15) is 20.8 Å². The van der Waals surface area contributed by atoms with Crippen molar-refractivity contribution in [3.63, 3.8) is 0 Å². The van der Waals surface area contributed by atoms with Gasteiger partial charge in [0.25, 0.3) is 5.91 Å². The molecule has 0 spiro atoms. The molecule has 108 valence electrons. The van der Waals surface area contributed by atoms with Crippen molar-refractivity contribution >= 4 is 11.9 Å². The SMILES string of the molecule is O=C(O)c1ccc(C(=O)N2CCN(CCO)CC2)cn1. The fourth-order valence-electron chi connectivity index (χ4n) is 2.15. The van der Waals surface area contributed by atoms with Crippen LogP contribution in [0.15, 0.2) is 18.3 Å². The van der Waals surface area contributed by atoms with Crippen LogP contribution in [-0.2, 0) is 0 Å². The van der Waals surface area contributed by atoms with Gasteiger partial charge in [-0.3, -0.25) is 9.69 Å². The Morgan fingerprint density at radius 1 is 1.20 bits per heavy atom. The number of aliphatic hydroxyl groups excluding tert-OH is 1. The first-order valence-electron chi connectivity index (χ1n) is 6.43. The number of aliphatic hydroxyl groups is 1. The van der Waals surface area contributed by atoms with Crippen LogP contribution in [0.4, 0.5) is 0 Å². The molecule has 1 aromatic rings. The van der Waals surface area contributed by atoms with Crippen molar-refractivity contribution < 1.29 is 19.8 Å². The molecule has 0 unspecified atom stereocenters. The molecule has 7 nitrogen and oxygen atoms in total. The van der Waals surface area contributed by atoms with Gasteiger partial charge in [-0.15, -0.1) is 0 Å². The van der Waals surface area contributed by atoms with Gasteiger partial charge in [0.15, 0.2) is 0 Å². The molecular weight excluding hydrogens is 262 g/mol. The molecule has 1 saturated heterocycles. The molecule has 20 heavy (non-hydrogen) atoms. The van der Waals surface area contributed by atoms with E-state index in [-0.39, 0.29) is 18.2 Å². The first kappa shape index (κ1) is 14.4. The van der Waals surface area contributed by atoms with E-state index in [1.54, 1.807) is 4.90 Å². The van der Waals surface area contributed by atoms with E-state index < -0.39 is 5.97 Å². The van der Waals surface area contributed by atoms with Crippen LogP contribution in [0.2, 0.25) is 0 Å². The molecular formula is C13H17N3O4. The lowest BCUT2D eigenvalue weighted by Crippen LogP contribution is -2.49. The van der Waals surface area contributed by atoms with E-state index in [0.29, 0.717) is 25.2 Å². The Balaban J connectivity index is 1.96. The number of β-amino-alcohol motifs (C(OH)–C–C–N with tert-alkyl or cyclic N) is 1. The number of hydrogen-bond donors (Lipinski definition) is 2. The van der Waals surface area contributed by atoms with Gasteiger partial charge >= 0.3 is 5.97 Å². The number of carbonyl (C=O) groups is 2. The van der Waals surface area contributed by atoms with Crippen LogP contribution in [0.3, 0.4) is 0 Å². The quantitative estimate of drug-likeness (QED) is 0.774. The van der Waals surface area contributed by atoms with E-state index in [9.17, 15) is 9.59 Å². The Labute approximate surface area is 116 Å². The Bertz CT molecular complexity index is 481. The minimum absolute atomic E-state index is 0.0747. The van der Waals surface area contributed by atoms with Crippen molar-refractivity contribution in [2.24, 2.45) is 0 Å². The van der Waals surface area contributed by atoms with Gasteiger partial charge in [0.05, 0.1) is 12.2 Å². The lowest BCUT2D eigenvalue weighted by atomic mass is 10.2. The normalized spacial score (nSPS) is 16.1. The minimum atomic E-state index is -1.11. The summed E-state index contributed by atoms with van der Waals surface area (Å²) in [5.74, 6) is -1.25. The number of rotatable bonds is 4. The molecule has 1 aliphatic rings. The highest BCUT2D eigenvalue weighted by Gasteiger charge is 2.22. The second-order valence-electron chi connectivity index (χ2n) is 4.59. The molecule has 0 radical (unpaired) electrons. The summed E-state index contributed by atoms with van der Waals surface area (Å²) >= 11 is 0. The maximum atomic E-state index is 12.2. The van der Waals surface area contributed by atoms with E-state index in [2.05, 4.69) is 9.88 Å². The predicted molar refractivity (Wildman–Crippen MR) is 70.6 cm³/mol. The Kier molecular flexibility index (Phi) is 4.65. The monoisotopic (exact) mass is 279 g/mol. The highest BCUT2D eigenvalue weighted by Crippen LogP contribution is 2.08. The van der Waals surface area contributed by atoms with Crippen LogP contribution < -0.4 is 0 Å². The summed E-state index contributed by atoms with van der Waals surface area (Å²) in [5, 5.41) is 17.6. The van der Waals surface area contributed by atoms with Gasteiger partial charge in [-0.05, 0) is 12.1 Å². The van der Waals surface area contributed by atoms with Crippen molar-refractivity contribution in [1.82, 2.24) is 14.8 Å². The number of carboxylic acids is 1. The lowest BCUT2D eigenvalue weighted by molar-refractivity contribution is 0.0611. The van der Waals surface area contributed by atoms with Gasteiger partial charge in [0.2, 0.25) is 0 Å². The largest absolute Gasteiger partial charge is 0.477 e. The molecule has 7 heteroatoms. The topological polar surface area (TPSA) is 94.0 Å². The molecule has 0 atom stereocenters. The van der Waals surface area contributed by atoms with Crippen LogP contribution in [-0.4, -0.2) is 76.2 Å². The van der Waals surface area contributed by atoms with Gasteiger partial charge in [-0.1, -0.05) is 0 Å². The van der Waals surface area contributed by atoms with Crippen molar-refractivity contribution in [3.8, 4) is 0 Å². The molecule has 1 amide bonds. The Morgan fingerprint density at radius 3 is 2.40 bits per heavy atom. The van der Waals surface area contributed by atoms with E-state index >= 15 is 0 Å². The van der Waals surface area contributed by atoms with E-state index in [1.807, 2.05) is 0 Å². The van der Waals surface area contributed by atoms with Gasteiger partial charge in [-0.2, -0.15) is 0 Å². The second-order valence-corrected chi connectivity index (χ2v) is 4.59. The van der Waals surface area contributed by atoms with Crippen molar-refractivity contribution in [2.45, 2.75) is 0 Å². The molecule has 1 aliphatic heterocycles. The van der Waals surface area contributed by atoms with Gasteiger partial charge in [0.1, 0.15) is 5.69 Å². The highest BCUT2D eigenvalue weighted by molar-refractivity contribution is 5.95. The number of amides is 1. The first-order chi connectivity index (χ1) is 9.61. The number of nitrogens with zero attached hydrogens (tertiary/aromatic N) is 3. The molecule has 2 N–H and O–H groups in total. The standard InChI is InChI=1S/C13H17N3O4/c17-8-7-15-3-5-16(6-4-15)12(18)10-1-2-11(13(19)20)14-9-10/h1-2,9,17H,3-8H2,(H,19,20). The fourth-order valence-corrected chi connectivity index (χ4v) is 2.15. The molecule has 2 rings (SSSR count). The van der Waals surface area contributed by atoms with Crippen LogP contribution in [0, 0.1) is 0 Å². The highest BCUT2D eigenvalue weighted by atomic mass is 16.4. The third-order valence-electron chi connectivity index (χ3n) is 3.31. The number of aromatic carboxylic acids is 1. The summed E-state index contributed by atoms with van der Waals surface area (Å²) in [5.41, 5.74) is 0.319. The summed E-state index contributed by atoms with van der Waals surface area (Å²) in [7, 11) is 0. The van der Waals surface area contributed by atoms with Crippen LogP contribution in [0.5, 0.6) is 0 Å². The first-order valence-corrected chi connectivity index (χ1v) is 6.43. The predicted octanol–water partition coefficient (Wildman–Crippen LogP) is -0.470. The molecule has 0 saturated carbocycles. The zero-order valence-electron chi connectivity index (χ0n) is 11.0. The summed E-state index contributed by atoms with van der Waals surface area (Å²) < 4.78 is 0. The molecule has 1 aromatic heterocycles. The van der Waals surface area contributed by atoms with Gasteiger partial charge in [0, 0.05) is 38.9 Å². The number of carbonyl (C=O) groups excluding carboxylic acids is 1. The molecule has 1 fully saturated rings. The summed E-state index contributed by atoms with van der Waals surface area (Å²) in [6, 6.07) is 2.82. The van der Waals surface area contributed by atoms with Crippen molar-refractivity contribution in [2.75, 3.05) is 39.3 Å². The lowest BCUT2D eigenvalue weighted by Gasteiger charge is -2.34. The molecule has 0 bridgehead atoms. The smallest absolute Gasteiger partial charge is 0.354 e. The summed E-state index contributed by atoms with van der Waals surface area (Å²) in [6.45, 7) is 3.39. The van der Waals surface area contributed by atoms with Crippen molar-refractivity contribution in [1.29, 1.82) is 0 Å². The van der Waals surface area contributed by atoms with Gasteiger partial charge in [-0.25, -0.2) is 9.78 Å². The fraction of sp³-hybridized carbons (Fsp3) is 0.462. The van der Waals surface area contributed by atoms with Crippen molar-refractivity contribution in [3.05, 3.63) is 29.6 Å². The van der Waals surface area contributed by atoms with E-state index in [1.165, 1.54) is 18.3 Å². The number of aromatic nitrogens is 1. The maximum Gasteiger partial charge on any atom is 0.354 e. The average Bonchev–Trinajstić information content (AvgIpc) is 2.48.